The monoisotopic (exact) mass is 437 g/mol. The molecule has 0 heterocycles. The lowest BCUT2D eigenvalue weighted by Gasteiger charge is -2.19. The molecule has 0 fully saturated rings. The van der Waals surface area contributed by atoms with E-state index in [0.717, 1.165) is 12.2 Å². The molecule has 126 valence electrons. The average molecular weight is 437 g/mol. The number of halogens is 1. The third-order valence-corrected chi connectivity index (χ3v) is 3.71. The van der Waals surface area contributed by atoms with Gasteiger partial charge in [0.05, 0.1) is 7.11 Å². The second kappa shape index (κ2) is 11.5. The Balaban J connectivity index is 0.000000413. The molecular weight excluding hydrogens is 417 g/mol. The second-order valence-corrected chi connectivity index (χ2v) is 5.93. The minimum atomic E-state index is -0.630. The maximum Gasteiger partial charge on any atom is 0.383 e. The van der Waals surface area contributed by atoms with Gasteiger partial charge in [0.2, 0.25) is 0 Å². The molecule has 0 spiro atoms. The van der Waals surface area contributed by atoms with Crippen molar-refractivity contribution < 1.29 is 14.3 Å². The number of esters is 1. The number of benzene rings is 2. The molecule has 0 aliphatic carbocycles. The van der Waals surface area contributed by atoms with E-state index in [9.17, 15) is 4.79 Å². The van der Waals surface area contributed by atoms with Crippen LogP contribution in [0.1, 0.15) is 18.1 Å². The predicted molar refractivity (Wildman–Crippen MR) is 103 cm³/mol. The van der Waals surface area contributed by atoms with E-state index >= 15 is 0 Å². The molecule has 1 unspecified atom stereocenters. The molecule has 0 aliphatic heterocycles. The molecule has 5 heteroatoms. The van der Waals surface area contributed by atoms with Crippen LogP contribution in [-0.4, -0.2) is 19.6 Å². The van der Waals surface area contributed by atoms with E-state index in [4.69, 9.17) is 10.5 Å². The lowest BCUT2D eigenvalue weighted by atomic mass is 10.1. The molecular formula is C19H20INO3. The van der Waals surface area contributed by atoms with Gasteiger partial charge in [-0.05, 0) is 59.0 Å². The SMILES string of the molecule is C#CC(=O)OC.NCCC(Oc1ccc(I)cc1)c1ccccc1. The van der Waals surface area contributed by atoms with Crippen LogP contribution in [0.4, 0.5) is 0 Å². The van der Waals surface area contributed by atoms with E-state index in [1.165, 1.54) is 16.2 Å². The number of ether oxygens (including phenoxy) is 2. The molecule has 2 rings (SSSR count). The summed E-state index contributed by atoms with van der Waals surface area (Å²) in [5, 5.41) is 0. The van der Waals surface area contributed by atoms with E-state index in [-0.39, 0.29) is 6.10 Å². The number of carbonyl (C=O) groups excluding carboxylic acids is 1. The number of nitrogens with two attached hydrogens (primary N) is 1. The van der Waals surface area contributed by atoms with Gasteiger partial charge >= 0.3 is 5.97 Å². The summed E-state index contributed by atoms with van der Waals surface area (Å²) >= 11 is 2.28. The smallest absolute Gasteiger partial charge is 0.383 e. The highest BCUT2D eigenvalue weighted by Gasteiger charge is 2.11. The van der Waals surface area contributed by atoms with Crippen LogP contribution in [0.3, 0.4) is 0 Å². The molecule has 0 bridgehead atoms. The molecule has 2 N–H and O–H groups in total. The van der Waals surface area contributed by atoms with Gasteiger partial charge in [0.25, 0.3) is 0 Å². The van der Waals surface area contributed by atoms with Crippen LogP contribution in [0.5, 0.6) is 5.75 Å². The first-order valence-electron chi connectivity index (χ1n) is 7.32. The van der Waals surface area contributed by atoms with Gasteiger partial charge in [-0.25, -0.2) is 4.79 Å². The van der Waals surface area contributed by atoms with E-state index < -0.39 is 5.97 Å². The lowest BCUT2D eigenvalue weighted by Crippen LogP contribution is -2.13. The zero-order valence-corrected chi connectivity index (χ0v) is 15.6. The first-order valence-corrected chi connectivity index (χ1v) is 8.40. The fourth-order valence-electron chi connectivity index (χ4n) is 1.85. The van der Waals surface area contributed by atoms with Gasteiger partial charge in [-0.1, -0.05) is 30.3 Å². The molecule has 1 atom stereocenters. The van der Waals surface area contributed by atoms with Crippen LogP contribution in [-0.2, 0) is 9.53 Å². The summed E-state index contributed by atoms with van der Waals surface area (Å²) in [4.78, 5) is 9.72. The zero-order valence-electron chi connectivity index (χ0n) is 13.4. The van der Waals surface area contributed by atoms with Crippen LogP contribution in [0.25, 0.3) is 0 Å². The molecule has 2 aromatic rings. The highest BCUT2D eigenvalue weighted by molar-refractivity contribution is 14.1. The number of hydrogen-bond donors (Lipinski definition) is 1. The first-order chi connectivity index (χ1) is 11.6. The molecule has 4 nitrogen and oxygen atoms in total. The van der Waals surface area contributed by atoms with Crippen LogP contribution < -0.4 is 10.5 Å². The molecule has 2 aromatic carbocycles. The maximum absolute atomic E-state index is 9.72. The van der Waals surface area contributed by atoms with Crippen molar-refractivity contribution in [3.8, 4) is 18.1 Å². The summed E-state index contributed by atoms with van der Waals surface area (Å²) in [6.45, 7) is 0.615. The summed E-state index contributed by atoms with van der Waals surface area (Å²) in [6.07, 6.45) is 5.40. The van der Waals surface area contributed by atoms with Crippen molar-refractivity contribution in [2.45, 2.75) is 12.5 Å². The largest absolute Gasteiger partial charge is 0.486 e. The summed E-state index contributed by atoms with van der Waals surface area (Å²) < 4.78 is 11.2. The second-order valence-electron chi connectivity index (χ2n) is 4.68. The summed E-state index contributed by atoms with van der Waals surface area (Å²) in [6, 6.07) is 18.3. The highest BCUT2D eigenvalue weighted by Crippen LogP contribution is 2.24. The Morgan fingerprint density at radius 2 is 1.83 bits per heavy atom. The van der Waals surface area contributed by atoms with Crippen LogP contribution >= 0.6 is 22.6 Å². The van der Waals surface area contributed by atoms with Crippen molar-refractivity contribution in [1.82, 2.24) is 0 Å². The molecule has 0 aromatic heterocycles. The quantitative estimate of drug-likeness (QED) is 0.337. The third kappa shape index (κ3) is 7.49. The van der Waals surface area contributed by atoms with Crippen LogP contribution in [0, 0.1) is 15.9 Å². The standard InChI is InChI=1S/C15H16INO.C4H4O2/c16-13-6-8-14(9-7-13)18-15(10-11-17)12-4-2-1-3-5-12;1-3-4(5)6-2/h1-9,15H,10-11,17H2;1H,2H3. The van der Waals surface area contributed by atoms with E-state index in [0.29, 0.717) is 6.54 Å². The number of methoxy groups -OCH3 is 1. The van der Waals surface area contributed by atoms with Gasteiger partial charge in [0.1, 0.15) is 11.9 Å². The number of rotatable bonds is 5. The van der Waals surface area contributed by atoms with Gasteiger partial charge in [-0.3, -0.25) is 0 Å². The minimum Gasteiger partial charge on any atom is -0.486 e. The molecule has 24 heavy (non-hydrogen) atoms. The molecule has 0 aliphatic rings. The van der Waals surface area contributed by atoms with Crippen molar-refractivity contribution in [3.05, 3.63) is 63.7 Å². The Morgan fingerprint density at radius 1 is 1.21 bits per heavy atom. The summed E-state index contributed by atoms with van der Waals surface area (Å²) in [5.41, 5.74) is 6.83. The minimum absolute atomic E-state index is 0.0243. The van der Waals surface area contributed by atoms with Crippen molar-refractivity contribution in [3.63, 3.8) is 0 Å². The van der Waals surface area contributed by atoms with Gasteiger partial charge in [0.15, 0.2) is 0 Å². The van der Waals surface area contributed by atoms with Gasteiger partial charge in [-0.2, -0.15) is 0 Å². The summed E-state index contributed by atoms with van der Waals surface area (Å²) in [5.74, 6) is 2.01. The van der Waals surface area contributed by atoms with E-state index in [1.807, 2.05) is 42.5 Å². The Morgan fingerprint density at radius 3 is 2.29 bits per heavy atom. The van der Waals surface area contributed by atoms with Gasteiger partial charge in [0, 0.05) is 15.9 Å². The van der Waals surface area contributed by atoms with Crippen molar-refractivity contribution in [2.24, 2.45) is 5.73 Å². The number of hydrogen-bond acceptors (Lipinski definition) is 4. The van der Waals surface area contributed by atoms with E-state index in [1.54, 1.807) is 5.92 Å². The third-order valence-electron chi connectivity index (χ3n) is 3.00. The zero-order chi connectivity index (χ0) is 17.8. The van der Waals surface area contributed by atoms with Crippen molar-refractivity contribution in [2.75, 3.05) is 13.7 Å². The van der Waals surface area contributed by atoms with Crippen LogP contribution in [0.15, 0.2) is 54.6 Å². The number of terminal acetylenes is 1. The lowest BCUT2D eigenvalue weighted by molar-refractivity contribution is -0.133. The first kappa shape index (κ1) is 20.0. The fourth-order valence-corrected chi connectivity index (χ4v) is 2.21. The van der Waals surface area contributed by atoms with Crippen molar-refractivity contribution >= 4 is 28.6 Å². The Bertz CT molecular complexity index is 651. The molecule has 0 saturated heterocycles. The molecule has 0 amide bonds. The topological polar surface area (TPSA) is 61.5 Å². The maximum atomic E-state index is 9.72. The summed E-state index contributed by atoms with van der Waals surface area (Å²) in [7, 11) is 1.24. The average Bonchev–Trinajstić information content (AvgIpc) is 2.63. The molecule has 0 saturated carbocycles. The normalized spacial score (nSPS) is 10.6. The van der Waals surface area contributed by atoms with Gasteiger partial charge < -0.3 is 15.2 Å². The Kier molecular flexibility index (Phi) is 9.58. The fraction of sp³-hybridized carbons (Fsp3) is 0.211. The Hall–Kier alpha value is -2.04. The van der Waals surface area contributed by atoms with Crippen LogP contribution in [0.2, 0.25) is 0 Å². The van der Waals surface area contributed by atoms with Crippen molar-refractivity contribution in [1.29, 1.82) is 0 Å². The Labute approximate surface area is 156 Å². The van der Waals surface area contributed by atoms with E-state index in [2.05, 4.69) is 45.9 Å². The number of carbonyl (C=O) groups is 1. The van der Waals surface area contributed by atoms with Gasteiger partial charge in [-0.15, -0.1) is 6.42 Å². The predicted octanol–water partition coefficient (Wildman–Crippen LogP) is 3.55. The molecule has 0 radical (unpaired) electrons. The highest BCUT2D eigenvalue weighted by atomic mass is 127.